The van der Waals surface area contributed by atoms with E-state index in [4.69, 9.17) is 10.00 Å². The molecule has 2 amide bonds. The Bertz CT molecular complexity index is 477. The highest BCUT2D eigenvalue weighted by Gasteiger charge is 2.29. The molecule has 0 bridgehead atoms. The van der Waals surface area contributed by atoms with Crippen molar-refractivity contribution in [3.8, 4) is 6.07 Å². The second-order valence-electron chi connectivity index (χ2n) is 7.28. The number of carbonyl (C=O) groups is 2. The fraction of sp³-hybridized carbons (Fsp3) is 0.842. The Hall–Kier alpha value is -1.61. The quantitative estimate of drug-likeness (QED) is 0.765. The molecule has 6 heteroatoms. The molecule has 1 atom stereocenters. The van der Waals surface area contributed by atoms with Gasteiger partial charge in [-0.3, -0.25) is 9.59 Å². The number of ether oxygens (including phenoxy) is 1. The molecule has 140 valence electrons. The molecule has 0 unspecified atom stereocenters. The zero-order valence-corrected chi connectivity index (χ0v) is 15.3. The number of hydrogen-bond acceptors (Lipinski definition) is 4. The average Bonchev–Trinajstić information content (AvgIpc) is 2.63. The third-order valence-corrected chi connectivity index (χ3v) is 5.33. The second-order valence-corrected chi connectivity index (χ2v) is 7.28. The lowest BCUT2D eigenvalue weighted by molar-refractivity contribution is -0.139. The van der Waals surface area contributed by atoms with Gasteiger partial charge in [0.05, 0.1) is 12.5 Å². The van der Waals surface area contributed by atoms with Crippen molar-refractivity contribution in [1.82, 2.24) is 10.2 Å². The van der Waals surface area contributed by atoms with Crippen LogP contribution >= 0.6 is 0 Å². The number of nitrogens with one attached hydrogen (secondary N) is 1. The van der Waals surface area contributed by atoms with Crippen molar-refractivity contribution in [2.45, 2.75) is 76.8 Å². The van der Waals surface area contributed by atoms with Gasteiger partial charge < -0.3 is 15.0 Å². The third-order valence-electron chi connectivity index (χ3n) is 5.33. The zero-order chi connectivity index (χ0) is 18.1. The first-order chi connectivity index (χ1) is 12.1. The Balaban J connectivity index is 1.87. The van der Waals surface area contributed by atoms with Crippen LogP contribution in [-0.2, 0) is 14.3 Å². The molecule has 0 radical (unpaired) electrons. The molecule has 1 heterocycles. The van der Waals surface area contributed by atoms with Crippen molar-refractivity contribution in [2.24, 2.45) is 5.92 Å². The van der Waals surface area contributed by atoms with Gasteiger partial charge in [-0.1, -0.05) is 19.3 Å². The molecule has 0 aromatic rings. The molecule has 1 aliphatic heterocycles. The van der Waals surface area contributed by atoms with Crippen molar-refractivity contribution in [3.05, 3.63) is 0 Å². The number of carbonyl (C=O) groups excluding carboxylic acids is 2. The van der Waals surface area contributed by atoms with Gasteiger partial charge in [-0.25, -0.2) is 0 Å². The first kappa shape index (κ1) is 19.7. The number of rotatable bonds is 7. The molecule has 1 saturated heterocycles. The van der Waals surface area contributed by atoms with Gasteiger partial charge in [0.25, 0.3) is 0 Å². The Morgan fingerprint density at radius 2 is 1.88 bits per heavy atom. The Morgan fingerprint density at radius 1 is 1.20 bits per heavy atom. The van der Waals surface area contributed by atoms with Gasteiger partial charge in [-0.05, 0) is 38.5 Å². The molecule has 6 nitrogen and oxygen atoms in total. The Morgan fingerprint density at radius 3 is 2.52 bits per heavy atom. The first-order valence-electron chi connectivity index (χ1n) is 9.66. The standard InChI is InChI=1S/C19H31N3O3/c1-15(21-18(23)14-16-6-3-2-4-7-16)19(24)22(11-5-10-20)17-8-12-25-13-9-17/h15-17H,2-9,11-14H2,1H3,(H,21,23)/t15-/m1/s1. The maximum atomic E-state index is 12.8. The fourth-order valence-corrected chi connectivity index (χ4v) is 3.90. The van der Waals surface area contributed by atoms with E-state index in [0.717, 1.165) is 25.7 Å². The Kier molecular flexibility index (Phi) is 8.20. The lowest BCUT2D eigenvalue weighted by Crippen LogP contribution is -2.52. The highest BCUT2D eigenvalue weighted by Crippen LogP contribution is 2.26. The lowest BCUT2D eigenvalue weighted by Gasteiger charge is -2.35. The molecule has 2 fully saturated rings. The summed E-state index contributed by atoms with van der Waals surface area (Å²) in [5.41, 5.74) is 0. The number of hydrogen-bond donors (Lipinski definition) is 1. The van der Waals surface area contributed by atoms with E-state index in [1.54, 1.807) is 11.8 Å². The number of nitriles is 1. The molecular weight excluding hydrogens is 318 g/mol. The second kappa shape index (κ2) is 10.4. The van der Waals surface area contributed by atoms with Crippen LogP contribution in [0.5, 0.6) is 0 Å². The van der Waals surface area contributed by atoms with Crippen molar-refractivity contribution in [2.75, 3.05) is 19.8 Å². The van der Waals surface area contributed by atoms with Crippen LogP contribution in [0.25, 0.3) is 0 Å². The van der Waals surface area contributed by atoms with Gasteiger partial charge in [0.15, 0.2) is 0 Å². The molecule has 0 aromatic carbocycles. The van der Waals surface area contributed by atoms with Gasteiger partial charge in [-0.15, -0.1) is 0 Å². The number of nitrogens with zero attached hydrogens (tertiary/aromatic N) is 2. The van der Waals surface area contributed by atoms with Crippen molar-refractivity contribution >= 4 is 11.8 Å². The van der Waals surface area contributed by atoms with Crippen LogP contribution in [0.1, 0.15) is 64.7 Å². The average molecular weight is 349 g/mol. The number of amides is 2. The molecule has 1 aliphatic carbocycles. The molecule has 1 N–H and O–H groups in total. The normalized spacial score (nSPS) is 20.5. The minimum absolute atomic E-state index is 0.0278. The molecular formula is C19H31N3O3. The van der Waals surface area contributed by atoms with Crippen LogP contribution in [-0.4, -0.2) is 48.6 Å². The molecule has 2 rings (SSSR count). The van der Waals surface area contributed by atoms with Crippen molar-refractivity contribution < 1.29 is 14.3 Å². The van der Waals surface area contributed by atoms with E-state index in [-0.39, 0.29) is 17.9 Å². The monoisotopic (exact) mass is 349 g/mol. The summed E-state index contributed by atoms with van der Waals surface area (Å²) in [4.78, 5) is 26.9. The third kappa shape index (κ3) is 6.32. The van der Waals surface area contributed by atoms with Crippen LogP contribution in [0.15, 0.2) is 0 Å². The summed E-state index contributed by atoms with van der Waals surface area (Å²) in [7, 11) is 0. The minimum Gasteiger partial charge on any atom is -0.381 e. The predicted molar refractivity (Wildman–Crippen MR) is 94.6 cm³/mol. The molecule has 1 saturated carbocycles. The summed E-state index contributed by atoms with van der Waals surface area (Å²) in [6, 6.07) is 1.67. The van der Waals surface area contributed by atoms with E-state index >= 15 is 0 Å². The highest BCUT2D eigenvalue weighted by atomic mass is 16.5. The van der Waals surface area contributed by atoms with E-state index in [0.29, 0.717) is 38.5 Å². The van der Waals surface area contributed by atoms with Gasteiger partial charge >= 0.3 is 0 Å². The topological polar surface area (TPSA) is 82.4 Å². The van der Waals surface area contributed by atoms with E-state index < -0.39 is 6.04 Å². The van der Waals surface area contributed by atoms with Crippen LogP contribution in [0.4, 0.5) is 0 Å². The van der Waals surface area contributed by atoms with Gasteiger partial charge in [-0.2, -0.15) is 5.26 Å². The van der Waals surface area contributed by atoms with E-state index in [1.807, 2.05) is 0 Å². The van der Waals surface area contributed by atoms with Crippen molar-refractivity contribution in [3.63, 3.8) is 0 Å². The molecule has 2 aliphatic rings. The van der Waals surface area contributed by atoms with E-state index in [1.165, 1.54) is 19.3 Å². The lowest BCUT2D eigenvalue weighted by atomic mass is 9.87. The summed E-state index contributed by atoms with van der Waals surface area (Å²) in [5, 5.41) is 11.8. The Labute approximate surface area is 150 Å². The van der Waals surface area contributed by atoms with Crippen LogP contribution < -0.4 is 5.32 Å². The predicted octanol–water partition coefficient (Wildman–Crippen LogP) is 2.38. The maximum Gasteiger partial charge on any atom is 0.245 e. The smallest absolute Gasteiger partial charge is 0.245 e. The largest absolute Gasteiger partial charge is 0.381 e. The van der Waals surface area contributed by atoms with Crippen LogP contribution in [0.3, 0.4) is 0 Å². The molecule has 25 heavy (non-hydrogen) atoms. The SMILES string of the molecule is C[C@@H](NC(=O)CC1CCCCC1)C(=O)N(CCC#N)C1CCOCC1. The fourth-order valence-electron chi connectivity index (χ4n) is 3.90. The first-order valence-corrected chi connectivity index (χ1v) is 9.66. The van der Waals surface area contributed by atoms with Gasteiger partial charge in [0.1, 0.15) is 6.04 Å². The minimum atomic E-state index is -0.544. The van der Waals surface area contributed by atoms with E-state index in [2.05, 4.69) is 11.4 Å². The summed E-state index contributed by atoms with van der Waals surface area (Å²) in [5.74, 6) is 0.348. The summed E-state index contributed by atoms with van der Waals surface area (Å²) in [6.45, 7) is 3.45. The van der Waals surface area contributed by atoms with Crippen molar-refractivity contribution in [1.29, 1.82) is 5.26 Å². The van der Waals surface area contributed by atoms with Crippen LogP contribution in [0.2, 0.25) is 0 Å². The van der Waals surface area contributed by atoms with Gasteiger partial charge in [0, 0.05) is 32.2 Å². The summed E-state index contributed by atoms with van der Waals surface area (Å²) in [6.07, 6.45) is 8.33. The highest BCUT2D eigenvalue weighted by molar-refractivity contribution is 5.87. The summed E-state index contributed by atoms with van der Waals surface area (Å²) >= 11 is 0. The van der Waals surface area contributed by atoms with Gasteiger partial charge in [0.2, 0.25) is 11.8 Å². The molecule has 0 aromatic heterocycles. The maximum absolute atomic E-state index is 12.8. The van der Waals surface area contributed by atoms with Crippen LogP contribution in [0, 0.1) is 17.2 Å². The van der Waals surface area contributed by atoms with E-state index in [9.17, 15) is 9.59 Å². The zero-order valence-electron chi connectivity index (χ0n) is 15.3. The molecule has 0 spiro atoms. The summed E-state index contributed by atoms with van der Waals surface area (Å²) < 4.78 is 5.37.